The van der Waals surface area contributed by atoms with Gasteiger partial charge in [-0.1, -0.05) is 23.2 Å². The van der Waals surface area contributed by atoms with Crippen LogP contribution < -0.4 is 16.4 Å². The molecule has 3 heterocycles. The van der Waals surface area contributed by atoms with E-state index in [-0.39, 0.29) is 11.8 Å². The van der Waals surface area contributed by atoms with E-state index in [1.807, 2.05) is 4.90 Å². The van der Waals surface area contributed by atoms with Crippen molar-refractivity contribution in [1.29, 1.82) is 0 Å². The minimum atomic E-state index is 0.0158. The van der Waals surface area contributed by atoms with E-state index in [1.54, 1.807) is 30.4 Å². The number of nitrogens with one attached hydrogen (secondary N) is 3. The molecule has 0 spiro atoms. The van der Waals surface area contributed by atoms with Crippen LogP contribution in [0.1, 0.15) is 37.7 Å². The second kappa shape index (κ2) is 9.92. The number of rotatable bonds is 3. The first-order valence-corrected chi connectivity index (χ1v) is 12.7. The lowest BCUT2D eigenvalue weighted by Crippen LogP contribution is -2.45. The summed E-state index contributed by atoms with van der Waals surface area (Å²) in [4.78, 5) is 30.0. The topological polar surface area (TPSA) is 76.7 Å². The fourth-order valence-corrected chi connectivity index (χ4v) is 6.45. The van der Waals surface area contributed by atoms with Crippen LogP contribution in [-0.2, 0) is 9.59 Å². The van der Waals surface area contributed by atoms with Crippen molar-refractivity contribution in [1.82, 2.24) is 26.2 Å². The van der Waals surface area contributed by atoms with Crippen molar-refractivity contribution in [3.05, 3.63) is 39.9 Å². The Morgan fingerprint density at radius 2 is 1.55 bits per heavy atom. The zero-order valence-electron chi connectivity index (χ0n) is 18.6. The summed E-state index contributed by atoms with van der Waals surface area (Å²) in [6.45, 7) is 3.13. The van der Waals surface area contributed by atoms with E-state index < -0.39 is 0 Å². The first-order valence-electron chi connectivity index (χ1n) is 11.9. The van der Waals surface area contributed by atoms with E-state index in [0.717, 1.165) is 63.8 Å². The molecule has 3 saturated heterocycles. The minimum Gasteiger partial charge on any atom is -0.342 e. The van der Waals surface area contributed by atoms with Crippen LogP contribution in [0.25, 0.3) is 6.08 Å². The fourth-order valence-electron chi connectivity index (χ4n) is 5.90. The van der Waals surface area contributed by atoms with E-state index in [4.69, 9.17) is 23.2 Å². The van der Waals surface area contributed by atoms with Crippen molar-refractivity contribution in [3.8, 4) is 0 Å². The van der Waals surface area contributed by atoms with E-state index in [1.165, 1.54) is 0 Å². The molecule has 1 saturated carbocycles. The van der Waals surface area contributed by atoms with Gasteiger partial charge in [0.2, 0.25) is 11.8 Å². The molecular weight excluding hydrogens is 461 g/mol. The molecule has 33 heavy (non-hydrogen) atoms. The minimum absolute atomic E-state index is 0.0158. The quantitative estimate of drug-likeness (QED) is 0.566. The molecule has 3 unspecified atom stereocenters. The Morgan fingerprint density at radius 3 is 2.24 bits per heavy atom. The second-order valence-corrected chi connectivity index (χ2v) is 10.7. The predicted molar refractivity (Wildman–Crippen MR) is 129 cm³/mol. The van der Waals surface area contributed by atoms with Gasteiger partial charge in [0.15, 0.2) is 0 Å². The summed E-state index contributed by atoms with van der Waals surface area (Å²) in [6, 6.07) is 6.01. The van der Waals surface area contributed by atoms with Gasteiger partial charge in [0, 0.05) is 60.3 Å². The molecule has 7 nitrogen and oxygen atoms in total. The third-order valence-electron chi connectivity index (χ3n) is 7.76. The summed E-state index contributed by atoms with van der Waals surface area (Å²) in [5.41, 5.74) is 10.3. The number of halogens is 2. The SMILES string of the molecule is O=C(/C=C/c1cc(Cl)cc(Cl)c1)N1CC[C@@H]2CN(C(=O)C3CCC4NNNC4C3)C[C@@H]2CC1. The van der Waals surface area contributed by atoms with Crippen molar-refractivity contribution in [3.63, 3.8) is 0 Å². The predicted octanol–water partition coefficient (Wildman–Crippen LogP) is 2.85. The van der Waals surface area contributed by atoms with Gasteiger partial charge in [0.1, 0.15) is 0 Å². The molecule has 0 bridgehead atoms. The lowest BCUT2D eigenvalue weighted by atomic mass is 9.82. The Bertz CT molecular complexity index is 905. The van der Waals surface area contributed by atoms with Gasteiger partial charge in [-0.25, -0.2) is 10.9 Å². The van der Waals surface area contributed by atoms with Crippen molar-refractivity contribution >= 4 is 41.1 Å². The third kappa shape index (κ3) is 5.23. The van der Waals surface area contributed by atoms with Gasteiger partial charge in [-0.2, -0.15) is 5.53 Å². The average molecular weight is 492 g/mol. The van der Waals surface area contributed by atoms with E-state index in [0.29, 0.717) is 39.9 Å². The Balaban J connectivity index is 1.13. The molecule has 4 aliphatic rings. The van der Waals surface area contributed by atoms with E-state index in [2.05, 4.69) is 21.3 Å². The molecule has 1 aromatic rings. The first kappa shape index (κ1) is 23.1. The summed E-state index contributed by atoms with van der Waals surface area (Å²) >= 11 is 12.1. The summed E-state index contributed by atoms with van der Waals surface area (Å²) in [7, 11) is 0. The smallest absolute Gasteiger partial charge is 0.246 e. The Morgan fingerprint density at radius 1 is 0.879 bits per heavy atom. The lowest BCUT2D eigenvalue weighted by molar-refractivity contribution is -0.136. The van der Waals surface area contributed by atoms with Crippen LogP contribution in [0.15, 0.2) is 24.3 Å². The molecule has 5 atom stereocenters. The maximum Gasteiger partial charge on any atom is 0.246 e. The number of hydrogen-bond acceptors (Lipinski definition) is 5. The number of fused-ring (bicyclic) bond motifs is 2. The van der Waals surface area contributed by atoms with E-state index >= 15 is 0 Å². The number of likely N-dealkylation sites (tertiary alicyclic amines) is 2. The molecule has 1 aromatic carbocycles. The van der Waals surface area contributed by atoms with Crippen molar-refractivity contribution < 1.29 is 9.59 Å². The maximum atomic E-state index is 13.2. The summed E-state index contributed by atoms with van der Waals surface area (Å²) in [6.07, 6.45) is 8.13. The first-order chi connectivity index (χ1) is 16.0. The van der Waals surface area contributed by atoms with Gasteiger partial charge in [0.25, 0.3) is 0 Å². The normalized spacial score (nSPS) is 32.0. The molecule has 0 radical (unpaired) electrons. The molecule has 2 amide bonds. The second-order valence-electron chi connectivity index (χ2n) is 9.84. The van der Waals surface area contributed by atoms with Crippen LogP contribution in [0.3, 0.4) is 0 Å². The maximum absolute atomic E-state index is 13.2. The molecule has 3 N–H and O–H groups in total. The molecule has 178 valence electrons. The van der Waals surface area contributed by atoms with Crippen LogP contribution in [0.5, 0.6) is 0 Å². The summed E-state index contributed by atoms with van der Waals surface area (Å²) in [5, 5.41) is 1.11. The summed E-state index contributed by atoms with van der Waals surface area (Å²) < 4.78 is 0. The zero-order chi connectivity index (χ0) is 22.9. The molecular formula is C24H31Cl2N5O2. The summed E-state index contributed by atoms with van der Waals surface area (Å²) in [5.74, 6) is 1.41. The van der Waals surface area contributed by atoms with Gasteiger partial charge < -0.3 is 9.80 Å². The Labute approximate surface area is 204 Å². The molecule has 3 aliphatic heterocycles. The molecule has 5 rings (SSSR count). The van der Waals surface area contributed by atoms with Gasteiger partial charge in [-0.3, -0.25) is 9.59 Å². The number of hydrazine groups is 2. The monoisotopic (exact) mass is 491 g/mol. The molecule has 0 aromatic heterocycles. The number of carbonyl (C=O) groups excluding carboxylic acids is 2. The number of amides is 2. The van der Waals surface area contributed by atoms with Crippen LogP contribution in [-0.4, -0.2) is 59.9 Å². The number of benzene rings is 1. The molecule has 9 heteroatoms. The Hall–Kier alpha value is -1.64. The van der Waals surface area contributed by atoms with Gasteiger partial charge >= 0.3 is 0 Å². The average Bonchev–Trinajstić information content (AvgIpc) is 3.38. The number of nitrogens with zero attached hydrogens (tertiary/aromatic N) is 2. The van der Waals surface area contributed by atoms with Crippen LogP contribution >= 0.6 is 23.2 Å². The number of hydrogen-bond donors (Lipinski definition) is 3. The van der Waals surface area contributed by atoms with Crippen LogP contribution in [0.4, 0.5) is 0 Å². The standard InChI is InChI=1S/C24H31Cl2N5O2/c25-19-9-15(10-20(26)12-19)1-4-23(32)30-7-5-17-13-31(14-18(17)6-8-30)24(33)16-2-3-21-22(11-16)28-29-27-21/h1,4,9-10,12,16-18,21-22,27-29H,2-3,5-8,11,13-14H2/b4-1+/t16?,17-,18+,21?,22?. The fraction of sp³-hybridized carbons (Fsp3) is 0.583. The van der Waals surface area contributed by atoms with Crippen LogP contribution in [0.2, 0.25) is 10.0 Å². The zero-order valence-corrected chi connectivity index (χ0v) is 20.1. The highest BCUT2D eigenvalue weighted by molar-refractivity contribution is 6.34. The molecule has 4 fully saturated rings. The van der Waals surface area contributed by atoms with Gasteiger partial charge in [-0.05, 0) is 73.8 Å². The van der Waals surface area contributed by atoms with Crippen molar-refractivity contribution in [2.75, 3.05) is 26.2 Å². The molecule has 1 aliphatic carbocycles. The lowest BCUT2D eigenvalue weighted by Gasteiger charge is -2.32. The van der Waals surface area contributed by atoms with Crippen molar-refractivity contribution in [2.45, 2.75) is 44.2 Å². The van der Waals surface area contributed by atoms with Gasteiger partial charge in [0.05, 0.1) is 0 Å². The Kier molecular flexibility index (Phi) is 6.95. The van der Waals surface area contributed by atoms with Crippen molar-refractivity contribution in [2.24, 2.45) is 17.8 Å². The third-order valence-corrected chi connectivity index (χ3v) is 8.19. The highest BCUT2D eigenvalue weighted by Crippen LogP contribution is 2.35. The van der Waals surface area contributed by atoms with E-state index in [9.17, 15) is 9.59 Å². The highest BCUT2D eigenvalue weighted by Gasteiger charge is 2.42. The van der Waals surface area contributed by atoms with Gasteiger partial charge in [-0.15, -0.1) is 0 Å². The number of carbonyl (C=O) groups is 2. The largest absolute Gasteiger partial charge is 0.342 e. The highest BCUT2D eigenvalue weighted by atomic mass is 35.5. The van der Waals surface area contributed by atoms with Crippen LogP contribution in [0, 0.1) is 17.8 Å².